The highest BCUT2D eigenvalue weighted by Crippen LogP contribution is 2.38. The van der Waals surface area contributed by atoms with Crippen molar-refractivity contribution in [3.8, 4) is 6.01 Å². The van der Waals surface area contributed by atoms with Crippen LogP contribution in [0, 0.1) is 0 Å². The Hall–Kier alpha value is -2.31. The molecule has 2 aromatic rings. The lowest BCUT2D eigenvalue weighted by atomic mass is 10.1. The topological polar surface area (TPSA) is 38.2 Å². The largest absolute Gasteiger partial charge is 0.460 e. The van der Waals surface area contributed by atoms with Gasteiger partial charge in [-0.1, -0.05) is 25.5 Å². The maximum atomic E-state index is 13.6. The molecular weight excluding hydrogens is 367 g/mol. The molecule has 1 aromatic heterocycles. The molecule has 1 fully saturated rings. The molecule has 1 aliphatic rings. The molecule has 0 unspecified atom stereocenters. The summed E-state index contributed by atoms with van der Waals surface area (Å²) in [6.45, 7) is 2.11. The number of hydrogen-bond acceptors (Lipinski definition) is 4. The molecule has 0 radical (unpaired) electrons. The molecule has 28 heavy (non-hydrogen) atoms. The molecule has 7 heteroatoms. The molecule has 152 valence electrons. The SMILES string of the molecule is CCCCc1cccc(N(C)c2nc(OC3CCCC3)ncc2C(F)(F)F)c1. The molecular formula is C21H26F3N3O. The molecule has 1 heterocycles. The van der Waals surface area contributed by atoms with Crippen molar-refractivity contribution >= 4 is 11.5 Å². The second-order valence-corrected chi connectivity index (χ2v) is 7.24. The number of unbranched alkanes of at least 4 members (excludes halogenated alkanes) is 1. The third-order valence-electron chi connectivity index (χ3n) is 5.06. The molecule has 1 aromatic carbocycles. The van der Waals surface area contributed by atoms with E-state index >= 15 is 0 Å². The van der Waals surface area contributed by atoms with Crippen LogP contribution in [0.5, 0.6) is 6.01 Å². The van der Waals surface area contributed by atoms with Gasteiger partial charge in [-0.2, -0.15) is 18.2 Å². The maximum absolute atomic E-state index is 13.6. The highest BCUT2D eigenvalue weighted by atomic mass is 19.4. The quantitative estimate of drug-likeness (QED) is 0.585. The minimum Gasteiger partial charge on any atom is -0.460 e. The van der Waals surface area contributed by atoms with E-state index in [4.69, 9.17) is 4.74 Å². The van der Waals surface area contributed by atoms with E-state index in [2.05, 4.69) is 16.9 Å². The third-order valence-corrected chi connectivity index (χ3v) is 5.06. The smallest absolute Gasteiger partial charge is 0.421 e. The fraction of sp³-hybridized carbons (Fsp3) is 0.524. The van der Waals surface area contributed by atoms with Gasteiger partial charge in [0.1, 0.15) is 11.7 Å². The Morgan fingerprint density at radius 3 is 2.64 bits per heavy atom. The number of halogens is 3. The fourth-order valence-electron chi connectivity index (χ4n) is 3.45. The zero-order valence-electron chi connectivity index (χ0n) is 16.3. The van der Waals surface area contributed by atoms with Crippen molar-refractivity contribution in [1.29, 1.82) is 0 Å². The summed E-state index contributed by atoms with van der Waals surface area (Å²) in [5, 5.41) is 0. The van der Waals surface area contributed by atoms with Gasteiger partial charge >= 0.3 is 12.2 Å². The van der Waals surface area contributed by atoms with Gasteiger partial charge in [-0.3, -0.25) is 0 Å². The lowest BCUT2D eigenvalue weighted by Crippen LogP contribution is -2.21. The van der Waals surface area contributed by atoms with E-state index in [-0.39, 0.29) is 17.9 Å². The normalized spacial score (nSPS) is 15.0. The zero-order chi connectivity index (χ0) is 20.1. The number of alkyl halides is 3. The van der Waals surface area contributed by atoms with E-state index < -0.39 is 11.7 Å². The number of nitrogens with zero attached hydrogens (tertiary/aromatic N) is 3. The molecule has 1 aliphatic carbocycles. The van der Waals surface area contributed by atoms with Crippen LogP contribution in [0.25, 0.3) is 0 Å². The summed E-state index contributed by atoms with van der Waals surface area (Å²) in [7, 11) is 1.59. The highest BCUT2D eigenvalue weighted by Gasteiger charge is 2.37. The Morgan fingerprint density at radius 2 is 1.96 bits per heavy atom. The average Bonchev–Trinajstić information content (AvgIpc) is 3.18. The van der Waals surface area contributed by atoms with Gasteiger partial charge < -0.3 is 9.64 Å². The predicted octanol–water partition coefficient (Wildman–Crippen LogP) is 5.93. The molecule has 0 spiro atoms. The summed E-state index contributed by atoms with van der Waals surface area (Å²) in [5.41, 5.74) is 0.883. The second-order valence-electron chi connectivity index (χ2n) is 7.24. The molecule has 0 N–H and O–H groups in total. The van der Waals surface area contributed by atoms with Crippen molar-refractivity contribution in [2.45, 2.75) is 64.1 Å². The predicted molar refractivity (Wildman–Crippen MR) is 103 cm³/mol. The minimum absolute atomic E-state index is 0.00360. The van der Waals surface area contributed by atoms with E-state index in [1.807, 2.05) is 18.2 Å². The summed E-state index contributed by atoms with van der Waals surface area (Å²) in [5.74, 6) is -0.192. The van der Waals surface area contributed by atoms with Crippen LogP contribution in [0.1, 0.15) is 56.6 Å². The average molecular weight is 393 g/mol. The van der Waals surface area contributed by atoms with Crippen LogP contribution in [-0.4, -0.2) is 23.1 Å². The Labute approximate surface area is 163 Å². The molecule has 0 amide bonds. The Kier molecular flexibility index (Phi) is 6.42. The first kappa shape index (κ1) is 20.4. The van der Waals surface area contributed by atoms with Gasteiger partial charge in [-0.15, -0.1) is 0 Å². The number of benzene rings is 1. The fourth-order valence-corrected chi connectivity index (χ4v) is 3.45. The van der Waals surface area contributed by atoms with Crippen LogP contribution in [-0.2, 0) is 12.6 Å². The summed E-state index contributed by atoms with van der Waals surface area (Å²) < 4.78 is 46.4. The number of hydrogen-bond donors (Lipinski definition) is 0. The first-order valence-electron chi connectivity index (χ1n) is 9.82. The molecule has 3 rings (SSSR count). The maximum Gasteiger partial charge on any atom is 0.421 e. The van der Waals surface area contributed by atoms with Gasteiger partial charge in [0.05, 0.1) is 0 Å². The van der Waals surface area contributed by atoms with Crippen LogP contribution in [0.3, 0.4) is 0 Å². The molecule has 1 saturated carbocycles. The van der Waals surface area contributed by atoms with Crippen molar-refractivity contribution in [3.05, 3.63) is 41.6 Å². The summed E-state index contributed by atoms with van der Waals surface area (Å²) in [4.78, 5) is 9.43. The van der Waals surface area contributed by atoms with Crippen LogP contribution in [0.4, 0.5) is 24.7 Å². The van der Waals surface area contributed by atoms with Crippen LogP contribution in [0.2, 0.25) is 0 Å². The van der Waals surface area contributed by atoms with Crippen LogP contribution >= 0.6 is 0 Å². The van der Waals surface area contributed by atoms with Crippen LogP contribution < -0.4 is 9.64 Å². The summed E-state index contributed by atoms with van der Waals surface area (Å²) >= 11 is 0. The lowest BCUT2D eigenvalue weighted by Gasteiger charge is -2.23. The molecule has 0 bridgehead atoms. The Bertz CT molecular complexity index is 789. The van der Waals surface area contributed by atoms with E-state index in [1.165, 1.54) is 4.90 Å². The summed E-state index contributed by atoms with van der Waals surface area (Å²) in [6, 6.07) is 7.56. The number of rotatable bonds is 7. The van der Waals surface area contributed by atoms with Gasteiger partial charge in [0.25, 0.3) is 0 Å². The summed E-state index contributed by atoms with van der Waals surface area (Å²) in [6.07, 6.45) is 3.13. The number of anilines is 2. The third kappa shape index (κ3) is 4.94. The van der Waals surface area contributed by atoms with Crippen molar-refractivity contribution in [2.75, 3.05) is 11.9 Å². The highest BCUT2D eigenvalue weighted by molar-refractivity contribution is 5.63. The Morgan fingerprint density at radius 1 is 1.21 bits per heavy atom. The van der Waals surface area contributed by atoms with Crippen molar-refractivity contribution in [1.82, 2.24) is 9.97 Å². The molecule has 0 atom stereocenters. The van der Waals surface area contributed by atoms with E-state index in [9.17, 15) is 13.2 Å². The van der Waals surface area contributed by atoms with Crippen LogP contribution in [0.15, 0.2) is 30.5 Å². The second kappa shape index (κ2) is 8.80. The standard InChI is InChI=1S/C21H26F3N3O/c1-3-4-8-15-9-7-10-16(13-15)27(2)19-18(21(22,23)24)14-25-20(26-19)28-17-11-5-6-12-17/h7,9-10,13-14,17H,3-6,8,11-12H2,1-2H3. The number of aryl methyl sites for hydroxylation is 1. The van der Waals surface area contributed by atoms with E-state index in [0.29, 0.717) is 5.69 Å². The number of aromatic nitrogens is 2. The van der Waals surface area contributed by atoms with Gasteiger partial charge in [0.15, 0.2) is 5.82 Å². The first-order chi connectivity index (χ1) is 13.4. The molecule has 0 aliphatic heterocycles. The van der Waals surface area contributed by atoms with Crippen molar-refractivity contribution < 1.29 is 17.9 Å². The molecule has 4 nitrogen and oxygen atoms in total. The van der Waals surface area contributed by atoms with E-state index in [0.717, 1.165) is 56.7 Å². The first-order valence-corrected chi connectivity index (χ1v) is 9.82. The van der Waals surface area contributed by atoms with E-state index in [1.54, 1.807) is 13.1 Å². The number of ether oxygens (including phenoxy) is 1. The zero-order valence-corrected chi connectivity index (χ0v) is 16.3. The van der Waals surface area contributed by atoms with Crippen molar-refractivity contribution in [2.24, 2.45) is 0 Å². The van der Waals surface area contributed by atoms with Gasteiger partial charge in [0.2, 0.25) is 0 Å². The van der Waals surface area contributed by atoms with Crippen molar-refractivity contribution in [3.63, 3.8) is 0 Å². The van der Waals surface area contributed by atoms with Gasteiger partial charge in [0, 0.05) is 18.9 Å². The monoisotopic (exact) mass is 393 g/mol. The molecule has 0 saturated heterocycles. The Balaban J connectivity index is 1.92. The van der Waals surface area contributed by atoms with Gasteiger partial charge in [-0.25, -0.2) is 4.98 Å². The minimum atomic E-state index is -4.55. The van der Waals surface area contributed by atoms with Gasteiger partial charge in [-0.05, 0) is 56.2 Å². The lowest BCUT2D eigenvalue weighted by molar-refractivity contribution is -0.137.